The van der Waals surface area contributed by atoms with Crippen LogP contribution in [0.25, 0.3) is 21.6 Å². The lowest BCUT2D eigenvalue weighted by atomic mass is 10.2. The number of esters is 1. The van der Waals surface area contributed by atoms with Gasteiger partial charge in [-0.3, -0.25) is 9.78 Å². The van der Waals surface area contributed by atoms with E-state index >= 15 is 0 Å². The van der Waals surface area contributed by atoms with E-state index in [4.69, 9.17) is 5.73 Å². The van der Waals surface area contributed by atoms with Gasteiger partial charge in [-0.2, -0.15) is 0 Å². The fraction of sp³-hybridized carbons (Fsp3) is 0.158. The second kappa shape index (κ2) is 8.32. The highest BCUT2D eigenvalue weighted by Gasteiger charge is 2.12. The number of pyridine rings is 1. The minimum Gasteiger partial charge on any atom is -0.465 e. The number of aromatic nitrogens is 3. The Balaban J connectivity index is 0.000000178. The highest BCUT2D eigenvalue weighted by molar-refractivity contribution is 7.18. The van der Waals surface area contributed by atoms with E-state index in [2.05, 4.69) is 19.7 Å². The zero-order chi connectivity index (χ0) is 20.3. The van der Waals surface area contributed by atoms with E-state index in [0.717, 1.165) is 20.8 Å². The summed E-state index contributed by atoms with van der Waals surface area (Å²) in [6.45, 7) is 3.87. The number of nitrogens with two attached hydrogens (primary N) is 1. The van der Waals surface area contributed by atoms with E-state index in [-0.39, 0.29) is 11.5 Å². The molecule has 0 atom stereocenters. The number of fused-ring (bicyclic) bond motifs is 1. The van der Waals surface area contributed by atoms with Gasteiger partial charge < -0.3 is 15.5 Å². The van der Waals surface area contributed by atoms with E-state index in [0.29, 0.717) is 21.1 Å². The maximum absolute atomic E-state index is 11.9. The highest BCUT2D eigenvalue weighted by atomic mass is 32.1. The lowest BCUT2D eigenvalue weighted by Crippen LogP contribution is -2.07. The van der Waals surface area contributed by atoms with Gasteiger partial charge in [0.05, 0.1) is 18.3 Å². The van der Waals surface area contributed by atoms with Crippen LogP contribution in [0.1, 0.15) is 19.4 Å². The van der Waals surface area contributed by atoms with E-state index in [1.165, 1.54) is 29.8 Å². The number of carbonyl (C=O) groups is 1. The van der Waals surface area contributed by atoms with Crippen molar-refractivity contribution in [2.45, 2.75) is 13.8 Å². The van der Waals surface area contributed by atoms with Crippen LogP contribution < -0.4 is 11.3 Å². The van der Waals surface area contributed by atoms with Crippen LogP contribution >= 0.6 is 22.7 Å². The highest BCUT2D eigenvalue weighted by Crippen LogP contribution is 2.24. The monoisotopic (exact) mass is 414 g/mol. The first-order valence-electron chi connectivity index (χ1n) is 8.24. The Morgan fingerprint density at radius 3 is 2.43 bits per heavy atom. The number of H-pyrrole nitrogens is 1. The van der Waals surface area contributed by atoms with Gasteiger partial charge >= 0.3 is 5.97 Å². The number of rotatable bonds is 2. The molecule has 9 heteroatoms. The van der Waals surface area contributed by atoms with Gasteiger partial charge in [-0.15, -0.1) is 22.7 Å². The number of anilines is 1. The summed E-state index contributed by atoms with van der Waals surface area (Å²) in [7, 11) is 1.34. The van der Waals surface area contributed by atoms with Crippen molar-refractivity contribution in [3.8, 4) is 11.4 Å². The smallest absolute Gasteiger partial charge is 0.350 e. The van der Waals surface area contributed by atoms with Crippen molar-refractivity contribution in [2.75, 3.05) is 12.8 Å². The van der Waals surface area contributed by atoms with Gasteiger partial charge in [0.2, 0.25) is 0 Å². The number of hydrogen-bond donors (Lipinski definition) is 2. The third kappa shape index (κ3) is 4.26. The Morgan fingerprint density at radius 2 is 1.82 bits per heavy atom. The number of nitrogen functional groups attached to an aromatic ring is 1. The Morgan fingerprint density at radius 1 is 1.14 bits per heavy atom. The molecule has 0 aromatic carbocycles. The summed E-state index contributed by atoms with van der Waals surface area (Å²) in [5, 5.41) is 0. The predicted molar refractivity (Wildman–Crippen MR) is 113 cm³/mol. The van der Waals surface area contributed by atoms with Gasteiger partial charge in [0, 0.05) is 27.7 Å². The number of ether oxygens (including phenoxy) is 1. The first-order valence-corrected chi connectivity index (χ1v) is 9.87. The Labute approximate surface area is 168 Å². The molecule has 0 saturated carbocycles. The summed E-state index contributed by atoms with van der Waals surface area (Å²) >= 11 is 2.81. The van der Waals surface area contributed by atoms with Gasteiger partial charge in [0.15, 0.2) is 0 Å². The van der Waals surface area contributed by atoms with Crippen LogP contribution in [-0.2, 0) is 4.74 Å². The molecule has 0 spiro atoms. The summed E-state index contributed by atoms with van der Waals surface area (Å²) in [5.41, 5.74) is 7.56. The molecule has 4 aromatic heterocycles. The quantitative estimate of drug-likeness (QED) is 0.483. The zero-order valence-electron chi connectivity index (χ0n) is 15.5. The SMILES string of the molecule is COC(=O)c1sc(C)cc1N.Cc1cc2nc(-c3ccncc3)[nH]c(=O)c2s1. The molecule has 7 nitrogen and oxygen atoms in total. The van der Waals surface area contributed by atoms with Crippen molar-refractivity contribution in [3.05, 3.63) is 61.6 Å². The minimum absolute atomic E-state index is 0.0834. The number of nitrogens with zero attached hydrogens (tertiary/aromatic N) is 2. The molecule has 28 heavy (non-hydrogen) atoms. The summed E-state index contributed by atoms with van der Waals surface area (Å²) in [5.74, 6) is 0.225. The maximum Gasteiger partial charge on any atom is 0.350 e. The number of thiophene rings is 2. The van der Waals surface area contributed by atoms with Crippen LogP contribution in [0.4, 0.5) is 5.69 Å². The molecule has 0 amide bonds. The molecule has 0 aliphatic heterocycles. The van der Waals surface area contributed by atoms with E-state index in [1.807, 2.05) is 32.0 Å². The largest absolute Gasteiger partial charge is 0.465 e. The van der Waals surface area contributed by atoms with Gasteiger partial charge in [-0.05, 0) is 38.1 Å². The molecular formula is C19H18N4O3S2. The first kappa shape index (κ1) is 19.7. The molecular weight excluding hydrogens is 396 g/mol. The number of methoxy groups -OCH3 is 1. The molecule has 0 fully saturated rings. The predicted octanol–water partition coefficient (Wildman–Crippen LogP) is 3.78. The topological polar surface area (TPSA) is 111 Å². The standard InChI is InChI=1S/C12H9N3OS.C7H9NO2S/c1-7-6-9-10(17-7)12(16)15-11(14-9)8-2-4-13-5-3-8;1-4-3-5(8)6(11-4)7(9)10-2/h2-6H,1H3,(H,14,15,16);3H,8H2,1-2H3. The van der Waals surface area contributed by atoms with Crippen molar-refractivity contribution < 1.29 is 9.53 Å². The molecule has 4 rings (SSSR count). The Bertz CT molecular complexity index is 1180. The number of aryl methyl sites for hydroxylation is 2. The summed E-state index contributed by atoms with van der Waals surface area (Å²) in [6.07, 6.45) is 3.36. The van der Waals surface area contributed by atoms with E-state index in [1.54, 1.807) is 18.5 Å². The van der Waals surface area contributed by atoms with Gasteiger partial charge in [-0.1, -0.05) is 0 Å². The van der Waals surface area contributed by atoms with Crippen molar-refractivity contribution in [1.82, 2.24) is 15.0 Å². The second-order valence-electron chi connectivity index (χ2n) is 5.85. The molecule has 0 aliphatic rings. The van der Waals surface area contributed by atoms with Crippen molar-refractivity contribution in [3.63, 3.8) is 0 Å². The van der Waals surface area contributed by atoms with E-state index in [9.17, 15) is 9.59 Å². The molecule has 0 unspecified atom stereocenters. The van der Waals surface area contributed by atoms with Crippen molar-refractivity contribution in [2.24, 2.45) is 0 Å². The lowest BCUT2D eigenvalue weighted by molar-refractivity contribution is 0.0607. The van der Waals surface area contributed by atoms with Crippen LogP contribution in [0.15, 0.2) is 41.5 Å². The van der Waals surface area contributed by atoms with E-state index < -0.39 is 0 Å². The van der Waals surface area contributed by atoms with Crippen LogP contribution in [-0.4, -0.2) is 28.0 Å². The second-order valence-corrected chi connectivity index (χ2v) is 8.37. The number of hydrogen-bond acceptors (Lipinski definition) is 8. The maximum atomic E-state index is 11.9. The molecule has 0 aliphatic carbocycles. The normalized spacial score (nSPS) is 10.4. The van der Waals surface area contributed by atoms with Crippen LogP contribution in [0.5, 0.6) is 0 Å². The third-order valence-corrected chi connectivity index (χ3v) is 5.80. The van der Waals surface area contributed by atoms with Crippen molar-refractivity contribution in [1.29, 1.82) is 0 Å². The van der Waals surface area contributed by atoms with Gasteiger partial charge in [0.25, 0.3) is 5.56 Å². The number of aromatic amines is 1. The van der Waals surface area contributed by atoms with Crippen LogP contribution in [0.3, 0.4) is 0 Å². The average Bonchev–Trinajstić information content (AvgIpc) is 3.23. The molecule has 0 saturated heterocycles. The third-order valence-electron chi connectivity index (χ3n) is 3.71. The molecule has 4 heterocycles. The van der Waals surface area contributed by atoms with Gasteiger partial charge in [-0.25, -0.2) is 9.78 Å². The molecule has 4 aromatic rings. The summed E-state index contributed by atoms with van der Waals surface area (Å²) in [6, 6.07) is 7.34. The van der Waals surface area contributed by atoms with Gasteiger partial charge in [0.1, 0.15) is 15.4 Å². The molecule has 0 radical (unpaired) electrons. The fourth-order valence-corrected chi connectivity index (χ4v) is 4.19. The summed E-state index contributed by atoms with van der Waals surface area (Å²) in [4.78, 5) is 36.6. The Kier molecular flexibility index (Phi) is 5.86. The number of carbonyl (C=O) groups excluding carboxylic acids is 1. The van der Waals surface area contributed by atoms with Crippen molar-refractivity contribution >= 4 is 44.5 Å². The van der Waals surface area contributed by atoms with Crippen LogP contribution in [0, 0.1) is 13.8 Å². The van der Waals surface area contributed by atoms with Crippen LogP contribution in [0.2, 0.25) is 0 Å². The molecule has 144 valence electrons. The summed E-state index contributed by atoms with van der Waals surface area (Å²) < 4.78 is 5.20. The Hall–Kier alpha value is -3.04. The molecule has 3 N–H and O–H groups in total. The zero-order valence-corrected chi connectivity index (χ0v) is 17.1. The minimum atomic E-state index is -0.361. The molecule has 0 bridgehead atoms. The average molecular weight is 415 g/mol. The fourth-order valence-electron chi connectivity index (χ4n) is 2.49. The number of nitrogens with one attached hydrogen (secondary N) is 1. The first-order chi connectivity index (χ1) is 13.4. The lowest BCUT2D eigenvalue weighted by Gasteiger charge is -1.99.